The topological polar surface area (TPSA) is 55.0 Å². The molecular formula is C15H13ClN2O2S. The highest BCUT2D eigenvalue weighted by Gasteiger charge is 2.14. The highest BCUT2D eigenvalue weighted by atomic mass is 35.5. The number of halogens is 1. The second-order valence-corrected chi connectivity index (χ2v) is 6.14. The molecule has 2 heterocycles. The van der Waals surface area contributed by atoms with Gasteiger partial charge in [-0.1, -0.05) is 12.1 Å². The maximum atomic E-state index is 12.3. The summed E-state index contributed by atoms with van der Waals surface area (Å²) in [6.45, 7) is 1.78. The monoisotopic (exact) mass is 320 g/mol. The zero-order chi connectivity index (χ0) is 15.0. The molecule has 1 N–H and O–H groups in total. The molecule has 0 saturated carbocycles. The molecule has 1 aromatic carbocycles. The van der Waals surface area contributed by atoms with E-state index in [4.69, 9.17) is 16.3 Å². The molecule has 4 nitrogen and oxygen atoms in total. The Bertz CT molecular complexity index is 837. The average Bonchev–Trinajstić information content (AvgIpc) is 2.91. The number of fused-ring (bicyclic) bond motifs is 1. The minimum absolute atomic E-state index is 0.158. The smallest absolute Gasteiger partial charge is 0.260 e. The highest BCUT2D eigenvalue weighted by molar-refractivity contribution is 7.17. The SMILES string of the molecule is COc1ccc(-c2csc3nc(C(C)Cl)[nH]c(=O)c23)cc1. The Morgan fingerprint density at radius 1 is 1.33 bits per heavy atom. The van der Waals surface area contributed by atoms with Crippen molar-refractivity contribution in [2.45, 2.75) is 12.3 Å². The largest absolute Gasteiger partial charge is 0.497 e. The second kappa shape index (κ2) is 5.50. The molecule has 3 aromatic rings. The average molecular weight is 321 g/mol. The molecule has 0 aliphatic rings. The summed E-state index contributed by atoms with van der Waals surface area (Å²) in [5.74, 6) is 1.28. The predicted octanol–water partition coefficient (Wildman–Crippen LogP) is 3.96. The van der Waals surface area contributed by atoms with E-state index in [-0.39, 0.29) is 10.9 Å². The number of nitrogens with zero attached hydrogens (tertiary/aromatic N) is 1. The number of alkyl halides is 1. The van der Waals surface area contributed by atoms with E-state index in [0.717, 1.165) is 16.9 Å². The van der Waals surface area contributed by atoms with Crippen LogP contribution in [0, 0.1) is 0 Å². The van der Waals surface area contributed by atoms with Crippen LogP contribution in [0.4, 0.5) is 0 Å². The lowest BCUT2D eigenvalue weighted by Crippen LogP contribution is -2.11. The first-order chi connectivity index (χ1) is 10.1. The normalized spacial score (nSPS) is 12.5. The Hall–Kier alpha value is -1.85. The van der Waals surface area contributed by atoms with Crippen molar-refractivity contribution in [3.8, 4) is 16.9 Å². The summed E-state index contributed by atoms with van der Waals surface area (Å²) in [5, 5.41) is 2.22. The van der Waals surface area contributed by atoms with Gasteiger partial charge in [0, 0.05) is 10.9 Å². The molecule has 0 amide bonds. The number of rotatable bonds is 3. The molecule has 2 aromatic heterocycles. The number of aromatic nitrogens is 2. The summed E-state index contributed by atoms with van der Waals surface area (Å²) in [6.07, 6.45) is 0. The third-order valence-electron chi connectivity index (χ3n) is 3.24. The van der Waals surface area contributed by atoms with Crippen molar-refractivity contribution in [1.29, 1.82) is 0 Å². The molecular weight excluding hydrogens is 308 g/mol. The Kier molecular flexibility index (Phi) is 3.69. The summed E-state index contributed by atoms with van der Waals surface area (Å²) < 4.78 is 5.15. The number of benzene rings is 1. The third-order valence-corrected chi connectivity index (χ3v) is 4.32. The number of thiophene rings is 1. The number of aromatic amines is 1. The van der Waals surface area contributed by atoms with E-state index in [1.165, 1.54) is 11.3 Å². The zero-order valence-corrected chi connectivity index (χ0v) is 13.1. The van der Waals surface area contributed by atoms with Crippen molar-refractivity contribution in [3.05, 3.63) is 45.8 Å². The van der Waals surface area contributed by atoms with E-state index in [2.05, 4.69) is 9.97 Å². The minimum atomic E-state index is -0.325. The van der Waals surface area contributed by atoms with E-state index < -0.39 is 0 Å². The number of hydrogen-bond donors (Lipinski definition) is 1. The Balaban J connectivity index is 2.17. The van der Waals surface area contributed by atoms with Crippen molar-refractivity contribution in [2.24, 2.45) is 0 Å². The molecule has 3 rings (SSSR count). The first-order valence-corrected chi connectivity index (χ1v) is 7.71. The Labute approximate surface area is 130 Å². The van der Waals surface area contributed by atoms with Gasteiger partial charge in [-0.05, 0) is 24.6 Å². The highest BCUT2D eigenvalue weighted by Crippen LogP contribution is 2.32. The number of ether oxygens (including phenoxy) is 1. The lowest BCUT2D eigenvalue weighted by molar-refractivity contribution is 0.415. The van der Waals surface area contributed by atoms with Gasteiger partial charge >= 0.3 is 0 Å². The van der Waals surface area contributed by atoms with Crippen LogP contribution in [0.3, 0.4) is 0 Å². The van der Waals surface area contributed by atoms with Gasteiger partial charge in [0.1, 0.15) is 16.4 Å². The summed E-state index contributed by atoms with van der Waals surface area (Å²) >= 11 is 7.43. The van der Waals surface area contributed by atoms with Gasteiger partial charge in [0.15, 0.2) is 0 Å². The van der Waals surface area contributed by atoms with Crippen LogP contribution in [0.25, 0.3) is 21.3 Å². The Morgan fingerprint density at radius 2 is 2.05 bits per heavy atom. The molecule has 1 unspecified atom stereocenters. The summed E-state index contributed by atoms with van der Waals surface area (Å²) in [6, 6.07) is 7.60. The third kappa shape index (κ3) is 2.54. The molecule has 6 heteroatoms. The lowest BCUT2D eigenvalue weighted by Gasteiger charge is -2.04. The first kappa shape index (κ1) is 14.1. The van der Waals surface area contributed by atoms with E-state index >= 15 is 0 Å². The fourth-order valence-electron chi connectivity index (χ4n) is 2.14. The molecule has 0 saturated heterocycles. The van der Waals surface area contributed by atoms with Crippen LogP contribution in [0.2, 0.25) is 0 Å². The molecule has 0 radical (unpaired) electrons. The molecule has 0 bridgehead atoms. The van der Waals surface area contributed by atoms with Crippen LogP contribution in [0.15, 0.2) is 34.4 Å². The molecule has 1 atom stereocenters. The minimum Gasteiger partial charge on any atom is -0.497 e. The van der Waals surface area contributed by atoms with Gasteiger partial charge in [-0.2, -0.15) is 0 Å². The predicted molar refractivity (Wildman–Crippen MR) is 86.5 cm³/mol. The van der Waals surface area contributed by atoms with Crippen molar-refractivity contribution in [3.63, 3.8) is 0 Å². The maximum Gasteiger partial charge on any atom is 0.260 e. The number of nitrogens with one attached hydrogen (secondary N) is 1. The number of H-pyrrole nitrogens is 1. The first-order valence-electron chi connectivity index (χ1n) is 6.40. The van der Waals surface area contributed by atoms with Gasteiger partial charge in [0.2, 0.25) is 0 Å². The van der Waals surface area contributed by atoms with Gasteiger partial charge in [-0.25, -0.2) is 4.98 Å². The fraction of sp³-hybridized carbons (Fsp3) is 0.200. The van der Waals surface area contributed by atoms with Gasteiger partial charge in [0.05, 0.1) is 17.9 Å². The van der Waals surface area contributed by atoms with Crippen LogP contribution in [-0.2, 0) is 0 Å². The van der Waals surface area contributed by atoms with Crippen LogP contribution in [-0.4, -0.2) is 17.1 Å². The summed E-state index contributed by atoms with van der Waals surface area (Å²) in [5.41, 5.74) is 1.68. The quantitative estimate of drug-likeness (QED) is 0.743. The summed E-state index contributed by atoms with van der Waals surface area (Å²) in [4.78, 5) is 20.2. The summed E-state index contributed by atoms with van der Waals surface area (Å²) in [7, 11) is 1.62. The van der Waals surface area contributed by atoms with Gasteiger partial charge in [-0.15, -0.1) is 22.9 Å². The molecule has 21 heavy (non-hydrogen) atoms. The van der Waals surface area contributed by atoms with Crippen LogP contribution in [0.1, 0.15) is 18.1 Å². The van der Waals surface area contributed by atoms with Crippen molar-refractivity contribution < 1.29 is 4.74 Å². The van der Waals surface area contributed by atoms with Gasteiger partial charge in [0.25, 0.3) is 5.56 Å². The molecule has 0 aliphatic heterocycles. The van der Waals surface area contributed by atoms with Gasteiger partial charge < -0.3 is 9.72 Å². The molecule has 0 spiro atoms. The molecule has 0 aliphatic carbocycles. The Morgan fingerprint density at radius 3 is 2.67 bits per heavy atom. The van der Waals surface area contributed by atoms with Crippen molar-refractivity contribution >= 4 is 33.2 Å². The van der Waals surface area contributed by atoms with E-state index in [0.29, 0.717) is 16.0 Å². The van der Waals surface area contributed by atoms with E-state index in [1.54, 1.807) is 14.0 Å². The van der Waals surface area contributed by atoms with Crippen LogP contribution < -0.4 is 10.3 Å². The number of hydrogen-bond acceptors (Lipinski definition) is 4. The van der Waals surface area contributed by atoms with Crippen LogP contribution >= 0.6 is 22.9 Å². The van der Waals surface area contributed by atoms with Crippen molar-refractivity contribution in [2.75, 3.05) is 7.11 Å². The second-order valence-electron chi connectivity index (χ2n) is 4.63. The maximum absolute atomic E-state index is 12.3. The fourth-order valence-corrected chi connectivity index (χ4v) is 3.20. The van der Waals surface area contributed by atoms with Crippen LogP contribution in [0.5, 0.6) is 5.75 Å². The van der Waals surface area contributed by atoms with E-state index in [1.807, 2.05) is 29.6 Å². The molecule has 108 valence electrons. The van der Waals surface area contributed by atoms with Crippen molar-refractivity contribution in [1.82, 2.24) is 9.97 Å². The molecule has 0 fully saturated rings. The number of methoxy groups -OCH3 is 1. The standard InChI is InChI=1S/C15H13ClN2O2S/c1-8(16)13-17-14(19)12-11(7-21-15(12)18-13)9-3-5-10(20-2)6-4-9/h3-8H,1-2H3,(H,17,18,19). The van der Waals surface area contributed by atoms with Gasteiger partial charge in [-0.3, -0.25) is 4.79 Å². The lowest BCUT2D eigenvalue weighted by atomic mass is 10.1. The van der Waals surface area contributed by atoms with E-state index in [9.17, 15) is 4.79 Å². The zero-order valence-electron chi connectivity index (χ0n) is 11.5.